The van der Waals surface area contributed by atoms with Gasteiger partial charge in [-0.25, -0.2) is 14.6 Å². The van der Waals surface area contributed by atoms with Gasteiger partial charge in [0.25, 0.3) is 0 Å². The SMILES string of the molecule is [C-]#[N+]c1ccc(Nc2cc(=NCC3CC3)n3nc/c(=C/c4[nH]c(=O)[nH]c4O)c3n2)c(Cl)c1. The summed E-state index contributed by atoms with van der Waals surface area (Å²) in [6.45, 7) is 7.82. The molecule has 0 radical (unpaired) electrons. The van der Waals surface area contributed by atoms with Crippen LogP contribution >= 0.6 is 11.6 Å². The van der Waals surface area contributed by atoms with Gasteiger partial charge in [0, 0.05) is 17.8 Å². The molecule has 11 heteroatoms. The van der Waals surface area contributed by atoms with Crippen molar-refractivity contribution in [2.45, 2.75) is 12.8 Å². The van der Waals surface area contributed by atoms with Crippen molar-refractivity contribution < 1.29 is 5.11 Å². The first-order valence-corrected chi connectivity index (χ1v) is 10.2. The molecule has 0 spiro atoms. The highest BCUT2D eigenvalue weighted by Crippen LogP contribution is 2.29. The predicted molar refractivity (Wildman–Crippen MR) is 119 cm³/mol. The first-order chi connectivity index (χ1) is 15.5. The average Bonchev–Trinajstić information content (AvgIpc) is 3.44. The Morgan fingerprint density at radius 2 is 2.22 bits per heavy atom. The molecular formula is C21H17ClN8O2. The van der Waals surface area contributed by atoms with E-state index in [0.29, 0.717) is 51.0 Å². The normalized spacial score (nSPS) is 14.8. The topological polar surface area (TPSA) is 128 Å². The fourth-order valence-corrected chi connectivity index (χ4v) is 3.45. The lowest BCUT2D eigenvalue weighted by Crippen LogP contribution is -2.20. The van der Waals surface area contributed by atoms with Crippen LogP contribution in [0.4, 0.5) is 17.2 Å². The fraction of sp³-hybridized carbons (Fsp3) is 0.190. The van der Waals surface area contributed by atoms with Crippen LogP contribution in [0.5, 0.6) is 5.88 Å². The first-order valence-electron chi connectivity index (χ1n) is 9.86. The van der Waals surface area contributed by atoms with Crippen molar-refractivity contribution >= 4 is 40.5 Å². The lowest BCUT2D eigenvalue weighted by molar-refractivity contribution is 0.454. The quantitative estimate of drug-likeness (QED) is 0.348. The maximum atomic E-state index is 11.5. The third kappa shape index (κ3) is 3.93. The van der Waals surface area contributed by atoms with Crippen LogP contribution in [0, 0.1) is 12.5 Å². The standard InChI is InChI=1S/C21H17ClN8O2/c1-23-13-4-5-15(14(22)7-13)26-17-8-18(24-9-11-2-3-11)30-19(28-17)12(10-25-30)6-16-20(31)29-21(32)27-16/h4-8,10-11,26,31H,2-3,9H2,(H2,27,29,32)/b12-6-,24-18?. The number of halogens is 1. The van der Waals surface area contributed by atoms with Crippen molar-refractivity contribution in [3.8, 4) is 5.88 Å². The molecule has 0 aliphatic heterocycles. The summed E-state index contributed by atoms with van der Waals surface area (Å²) in [5, 5.41) is 18.5. The van der Waals surface area contributed by atoms with E-state index in [2.05, 4.69) is 30.2 Å². The molecule has 5 rings (SSSR count). The third-order valence-corrected chi connectivity index (χ3v) is 5.38. The van der Waals surface area contributed by atoms with Gasteiger partial charge in [0.1, 0.15) is 11.5 Å². The zero-order valence-electron chi connectivity index (χ0n) is 16.6. The summed E-state index contributed by atoms with van der Waals surface area (Å²) in [7, 11) is 0. The van der Waals surface area contributed by atoms with Crippen LogP contribution < -0.4 is 21.7 Å². The van der Waals surface area contributed by atoms with E-state index < -0.39 is 5.69 Å². The number of H-pyrrole nitrogens is 2. The fourth-order valence-electron chi connectivity index (χ4n) is 3.23. The van der Waals surface area contributed by atoms with Crippen LogP contribution in [0.3, 0.4) is 0 Å². The smallest absolute Gasteiger partial charge is 0.326 e. The Morgan fingerprint density at radius 1 is 1.38 bits per heavy atom. The van der Waals surface area contributed by atoms with E-state index in [1.54, 1.807) is 41.1 Å². The molecule has 4 N–H and O–H groups in total. The van der Waals surface area contributed by atoms with Crippen LogP contribution in [0.25, 0.3) is 16.6 Å². The highest BCUT2D eigenvalue weighted by atomic mass is 35.5. The summed E-state index contributed by atoms with van der Waals surface area (Å²) in [5.41, 5.74) is 1.85. The van der Waals surface area contributed by atoms with Gasteiger partial charge in [-0.3, -0.25) is 9.98 Å². The molecule has 32 heavy (non-hydrogen) atoms. The molecule has 1 aliphatic rings. The Kier molecular flexibility index (Phi) is 4.88. The molecule has 0 bridgehead atoms. The van der Waals surface area contributed by atoms with E-state index in [1.807, 2.05) is 0 Å². The molecule has 1 fully saturated rings. The zero-order chi connectivity index (χ0) is 22.2. The van der Waals surface area contributed by atoms with E-state index >= 15 is 0 Å². The number of nitrogens with zero attached hydrogens (tertiary/aromatic N) is 5. The number of aromatic hydroxyl groups is 1. The number of nitrogens with one attached hydrogen (secondary N) is 3. The monoisotopic (exact) mass is 448 g/mol. The number of anilines is 2. The number of benzene rings is 1. The largest absolute Gasteiger partial charge is 0.493 e. The van der Waals surface area contributed by atoms with Gasteiger partial charge in [-0.2, -0.15) is 9.61 Å². The van der Waals surface area contributed by atoms with Gasteiger partial charge < -0.3 is 15.4 Å². The van der Waals surface area contributed by atoms with Gasteiger partial charge in [-0.15, -0.1) is 0 Å². The van der Waals surface area contributed by atoms with Crippen LogP contribution in [-0.2, 0) is 0 Å². The molecular weight excluding hydrogens is 432 g/mol. The molecule has 0 atom stereocenters. The minimum Gasteiger partial charge on any atom is -0.493 e. The summed E-state index contributed by atoms with van der Waals surface area (Å²) >= 11 is 6.32. The lowest BCUT2D eigenvalue weighted by atomic mass is 10.3. The Hall–Kier alpha value is -4.10. The molecule has 0 saturated heterocycles. The summed E-state index contributed by atoms with van der Waals surface area (Å²) in [6, 6.07) is 6.74. The number of fused-ring (bicyclic) bond motifs is 1. The van der Waals surface area contributed by atoms with Gasteiger partial charge in [0.05, 0.1) is 23.5 Å². The molecule has 0 unspecified atom stereocenters. The Morgan fingerprint density at radius 3 is 2.91 bits per heavy atom. The van der Waals surface area contributed by atoms with E-state index in [4.69, 9.17) is 23.2 Å². The van der Waals surface area contributed by atoms with E-state index in [-0.39, 0.29) is 11.6 Å². The molecule has 3 heterocycles. The van der Waals surface area contributed by atoms with Crippen molar-refractivity contribution in [1.29, 1.82) is 0 Å². The highest BCUT2D eigenvalue weighted by Gasteiger charge is 2.20. The molecule has 1 saturated carbocycles. The Balaban J connectivity index is 1.64. The molecule has 0 amide bonds. The van der Waals surface area contributed by atoms with Crippen molar-refractivity contribution in [3.05, 3.63) is 73.8 Å². The average molecular weight is 449 g/mol. The molecule has 160 valence electrons. The summed E-state index contributed by atoms with van der Waals surface area (Å²) in [4.78, 5) is 29.0. The number of aromatic nitrogens is 5. The van der Waals surface area contributed by atoms with Gasteiger partial charge in [-0.05, 0) is 37.0 Å². The molecule has 4 aromatic rings. The molecule has 3 aromatic heterocycles. The van der Waals surface area contributed by atoms with Crippen LogP contribution in [0.1, 0.15) is 18.5 Å². The van der Waals surface area contributed by atoms with Gasteiger partial charge in [-0.1, -0.05) is 17.7 Å². The molecule has 1 aromatic carbocycles. The molecule has 1 aliphatic carbocycles. The van der Waals surface area contributed by atoms with Crippen LogP contribution in [0.2, 0.25) is 5.02 Å². The lowest BCUT2D eigenvalue weighted by Gasteiger charge is -2.08. The third-order valence-electron chi connectivity index (χ3n) is 5.07. The van der Waals surface area contributed by atoms with Crippen LogP contribution in [-0.4, -0.2) is 36.2 Å². The zero-order valence-corrected chi connectivity index (χ0v) is 17.4. The summed E-state index contributed by atoms with van der Waals surface area (Å²) in [6.07, 6.45) is 5.51. The van der Waals surface area contributed by atoms with Crippen molar-refractivity contribution in [2.75, 3.05) is 11.9 Å². The van der Waals surface area contributed by atoms with E-state index in [9.17, 15) is 9.90 Å². The second kappa shape index (κ2) is 7.86. The number of aromatic amines is 2. The second-order valence-electron chi connectivity index (χ2n) is 7.51. The van der Waals surface area contributed by atoms with Crippen LogP contribution in [0.15, 0.2) is 40.2 Å². The van der Waals surface area contributed by atoms with Crippen molar-refractivity contribution in [1.82, 2.24) is 24.6 Å². The first kappa shape index (κ1) is 19.8. The molecule has 10 nitrogen and oxygen atoms in total. The number of rotatable bonds is 5. The van der Waals surface area contributed by atoms with Crippen molar-refractivity contribution in [3.63, 3.8) is 0 Å². The van der Waals surface area contributed by atoms with Gasteiger partial charge in [0.15, 0.2) is 16.8 Å². The maximum Gasteiger partial charge on any atom is 0.326 e. The summed E-state index contributed by atoms with van der Waals surface area (Å²) in [5.74, 6) is 0.814. The minimum absolute atomic E-state index is 0.222. The number of imidazole rings is 1. The summed E-state index contributed by atoms with van der Waals surface area (Å²) < 4.78 is 1.62. The predicted octanol–water partition coefficient (Wildman–Crippen LogP) is 2.26. The van der Waals surface area contributed by atoms with Crippen molar-refractivity contribution in [2.24, 2.45) is 10.9 Å². The van der Waals surface area contributed by atoms with E-state index in [1.165, 1.54) is 12.8 Å². The van der Waals surface area contributed by atoms with Gasteiger partial charge >= 0.3 is 5.69 Å². The highest BCUT2D eigenvalue weighted by molar-refractivity contribution is 6.33. The van der Waals surface area contributed by atoms with E-state index in [0.717, 1.165) is 0 Å². The number of hydrogen-bond donors (Lipinski definition) is 4. The number of hydrogen-bond acceptors (Lipinski definition) is 6. The minimum atomic E-state index is -0.516. The second-order valence-corrected chi connectivity index (χ2v) is 7.91. The Bertz CT molecular complexity index is 1560. The Labute approximate surface area is 185 Å². The maximum absolute atomic E-state index is 11.5. The van der Waals surface area contributed by atoms with Gasteiger partial charge in [0.2, 0.25) is 5.88 Å².